The van der Waals surface area contributed by atoms with Crippen LogP contribution in [0.3, 0.4) is 0 Å². The zero-order chi connectivity index (χ0) is 29.4. The average molecular weight is 577 g/mol. The van der Waals surface area contributed by atoms with Crippen molar-refractivity contribution in [2.45, 2.75) is 44.7 Å². The summed E-state index contributed by atoms with van der Waals surface area (Å²) >= 11 is 5.75. The molecular formula is C32H33ClN2O6. The fourth-order valence-electron chi connectivity index (χ4n) is 4.56. The summed E-state index contributed by atoms with van der Waals surface area (Å²) in [5, 5.41) is 12.7. The van der Waals surface area contributed by atoms with Gasteiger partial charge in [0.2, 0.25) is 5.91 Å². The maximum Gasteiger partial charge on any atom is 0.356 e. The highest BCUT2D eigenvalue weighted by Crippen LogP contribution is 2.33. The van der Waals surface area contributed by atoms with Crippen LogP contribution < -0.4 is 5.32 Å². The van der Waals surface area contributed by atoms with E-state index in [1.54, 1.807) is 13.8 Å². The van der Waals surface area contributed by atoms with Gasteiger partial charge in [-0.15, -0.1) is 11.6 Å². The van der Waals surface area contributed by atoms with Crippen molar-refractivity contribution in [3.8, 4) is 0 Å². The number of hydrogen-bond acceptors (Lipinski definition) is 6. The van der Waals surface area contributed by atoms with E-state index in [1.165, 1.54) is 4.90 Å². The molecule has 41 heavy (non-hydrogen) atoms. The number of allylic oxidation sites excluding steroid dienone is 1. The molecule has 3 aromatic carbocycles. The van der Waals surface area contributed by atoms with Crippen LogP contribution in [0.5, 0.6) is 0 Å². The first-order valence-corrected chi connectivity index (χ1v) is 13.8. The molecule has 214 valence electrons. The van der Waals surface area contributed by atoms with Crippen LogP contribution in [-0.2, 0) is 30.3 Å². The molecule has 0 bridgehead atoms. The number of ether oxygens (including phenoxy) is 2. The molecule has 1 unspecified atom stereocenters. The molecule has 1 saturated heterocycles. The lowest BCUT2D eigenvalue weighted by Crippen LogP contribution is -2.72. The second kappa shape index (κ2) is 14.1. The molecule has 3 atom stereocenters. The van der Waals surface area contributed by atoms with Crippen molar-refractivity contribution in [2.24, 2.45) is 0 Å². The van der Waals surface area contributed by atoms with E-state index in [-0.39, 0.29) is 30.5 Å². The highest BCUT2D eigenvalue weighted by molar-refractivity contribution is 6.18. The number of hydrogen-bond donors (Lipinski definition) is 2. The van der Waals surface area contributed by atoms with Gasteiger partial charge in [-0.3, -0.25) is 14.5 Å². The van der Waals surface area contributed by atoms with Crippen molar-refractivity contribution < 1.29 is 29.0 Å². The van der Waals surface area contributed by atoms with Gasteiger partial charge in [0.15, 0.2) is 18.4 Å². The highest BCUT2D eigenvalue weighted by Gasteiger charge is 2.53. The van der Waals surface area contributed by atoms with E-state index in [4.69, 9.17) is 21.1 Å². The van der Waals surface area contributed by atoms with Gasteiger partial charge in [0.1, 0.15) is 5.70 Å². The van der Waals surface area contributed by atoms with Crippen molar-refractivity contribution in [1.29, 1.82) is 0 Å². The summed E-state index contributed by atoms with van der Waals surface area (Å²) in [5.74, 6) is -1.72. The Hall–Kier alpha value is -3.98. The SMILES string of the molecule is CC(C)=C(C(=O)OC(c1ccccc1)c1ccccc1)N1C(=O)[C@H](NC(=O)Cc2ccccc2)[C@H]1OCC(O)CCl. The number of β-lactam (4-membered cyclic amide) rings is 1. The van der Waals surface area contributed by atoms with Crippen molar-refractivity contribution in [3.63, 3.8) is 0 Å². The third-order valence-corrected chi connectivity index (χ3v) is 6.90. The summed E-state index contributed by atoms with van der Waals surface area (Å²) in [4.78, 5) is 41.2. The second-order valence-corrected chi connectivity index (χ2v) is 10.2. The van der Waals surface area contributed by atoms with Gasteiger partial charge in [0.05, 0.1) is 25.0 Å². The van der Waals surface area contributed by atoms with Gasteiger partial charge in [0.25, 0.3) is 5.91 Å². The van der Waals surface area contributed by atoms with Gasteiger partial charge in [-0.1, -0.05) is 91.0 Å². The number of nitrogens with one attached hydrogen (secondary N) is 1. The number of halogens is 1. The number of alkyl halides is 1. The molecule has 4 rings (SSSR count). The molecule has 2 amide bonds. The average Bonchev–Trinajstić information content (AvgIpc) is 2.99. The Kier molecular flexibility index (Phi) is 10.3. The Morgan fingerprint density at radius 3 is 1.98 bits per heavy atom. The number of esters is 1. The largest absolute Gasteiger partial charge is 0.448 e. The lowest BCUT2D eigenvalue weighted by molar-refractivity contribution is -0.186. The van der Waals surface area contributed by atoms with Gasteiger partial charge < -0.3 is 19.9 Å². The van der Waals surface area contributed by atoms with Crippen LogP contribution in [0.25, 0.3) is 0 Å². The minimum Gasteiger partial charge on any atom is -0.448 e. The van der Waals surface area contributed by atoms with Crippen LogP contribution >= 0.6 is 11.6 Å². The Morgan fingerprint density at radius 1 is 0.927 bits per heavy atom. The maximum absolute atomic E-state index is 13.7. The molecule has 0 spiro atoms. The first kappa shape index (κ1) is 30.0. The zero-order valence-corrected chi connectivity index (χ0v) is 23.7. The first-order chi connectivity index (χ1) is 19.8. The number of carbonyl (C=O) groups excluding carboxylic acids is 3. The van der Waals surface area contributed by atoms with E-state index in [2.05, 4.69) is 5.32 Å². The number of nitrogens with zero attached hydrogens (tertiary/aromatic N) is 1. The van der Waals surface area contributed by atoms with Gasteiger partial charge in [-0.2, -0.15) is 0 Å². The van der Waals surface area contributed by atoms with E-state index < -0.39 is 36.4 Å². The normalized spacial score (nSPS) is 17.0. The number of amides is 2. The fraction of sp³-hybridized carbons (Fsp3) is 0.281. The Balaban J connectivity index is 1.58. The molecular weight excluding hydrogens is 544 g/mol. The van der Waals surface area contributed by atoms with Crippen LogP contribution in [-0.4, -0.2) is 58.7 Å². The molecule has 2 N–H and O–H groups in total. The lowest BCUT2D eigenvalue weighted by Gasteiger charge is -2.47. The molecule has 1 heterocycles. The van der Waals surface area contributed by atoms with Crippen molar-refractivity contribution in [3.05, 3.63) is 119 Å². The van der Waals surface area contributed by atoms with Gasteiger partial charge in [0, 0.05) is 0 Å². The van der Waals surface area contributed by atoms with E-state index in [1.807, 2.05) is 91.0 Å². The summed E-state index contributed by atoms with van der Waals surface area (Å²) in [6, 6.07) is 26.7. The summed E-state index contributed by atoms with van der Waals surface area (Å²) in [7, 11) is 0. The molecule has 8 nitrogen and oxygen atoms in total. The first-order valence-electron chi connectivity index (χ1n) is 13.3. The minimum atomic E-state index is -1.06. The van der Waals surface area contributed by atoms with Crippen molar-refractivity contribution in [2.75, 3.05) is 12.5 Å². The zero-order valence-electron chi connectivity index (χ0n) is 22.9. The second-order valence-electron chi connectivity index (χ2n) is 9.90. The minimum absolute atomic E-state index is 0.00536. The number of carbonyl (C=O) groups is 3. The van der Waals surface area contributed by atoms with Crippen LogP contribution in [0.4, 0.5) is 0 Å². The van der Waals surface area contributed by atoms with E-state index in [9.17, 15) is 19.5 Å². The van der Waals surface area contributed by atoms with Crippen LogP contribution in [0.15, 0.2) is 102 Å². The molecule has 0 aromatic heterocycles. The third kappa shape index (κ3) is 7.41. The number of rotatable bonds is 12. The number of likely N-dealkylation sites (tertiary alicyclic amines) is 1. The van der Waals surface area contributed by atoms with Crippen LogP contribution in [0.2, 0.25) is 0 Å². The summed E-state index contributed by atoms with van der Waals surface area (Å²) in [5.41, 5.74) is 2.83. The van der Waals surface area contributed by atoms with Crippen molar-refractivity contribution >= 4 is 29.4 Å². The monoisotopic (exact) mass is 576 g/mol. The molecule has 9 heteroatoms. The number of aliphatic hydroxyl groups excluding tert-OH is 1. The Labute approximate surface area is 244 Å². The topological polar surface area (TPSA) is 105 Å². The Morgan fingerprint density at radius 2 is 1.46 bits per heavy atom. The number of aliphatic hydroxyl groups is 1. The molecule has 0 radical (unpaired) electrons. The van der Waals surface area contributed by atoms with Gasteiger partial charge in [-0.05, 0) is 36.1 Å². The Bertz CT molecular complexity index is 1320. The third-order valence-electron chi connectivity index (χ3n) is 6.54. The molecule has 1 aliphatic heterocycles. The summed E-state index contributed by atoms with van der Waals surface area (Å²) in [6.45, 7) is 3.18. The van der Waals surface area contributed by atoms with Gasteiger partial charge in [-0.25, -0.2) is 4.79 Å². The summed E-state index contributed by atoms with van der Waals surface area (Å²) < 4.78 is 11.9. The molecule has 0 saturated carbocycles. The summed E-state index contributed by atoms with van der Waals surface area (Å²) in [6.07, 6.45) is -2.72. The standard InChI is InChI=1S/C32H33ClN2O6/c1-21(2)28(32(39)41-29(23-14-8-4-9-15-23)24-16-10-5-11-17-24)35-30(38)27(31(35)40-20-25(36)19-33)34-26(37)18-22-12-6-3-7-13-22/h3-17,25,27,29,31,36H,18-20H2,1-2H3,(H,34,37)/t25?,27-,31+/m0/s1. The van der Waals surface area contributed by atoms with Crippen LogP contribution in [0, 0.1) is 0 Å². The molecule has 0 aliphatic carbocycles. The van der Waals surface area contributed by atoms with Crippen LogP contribution in [0.1, 0.15) is 36.6 Å². The van der Waals surface area contributed by atoms with E-state index in [0.29, 0.717) is 5.57 Å². The quantitative estimate of drug-likeness (QED) is 0.145. The fourth-order valence-corrected chi connectivity index (χ4v) is 4.64. The molecule has 1 fully saturated rings. The molecule has 3 aromatic rings. The predicted molar refractivity (Wildman–Crippen MR) is 155 cm³/mol. The maximum atomic E-state index is 13.7. The number of benzene rings is 3. The highest BCUT2D eigenvalue weighted by atomic mass is 35.5. The van der Waals surface area contributed by atoms with Gasteiger partial charge >= 0.3 is 5.97 Å². The lowest BCUT2D eigenvalue weighted by atomic mass is 9.99. The van der Waals surface area contributed by atoms with Crippen molar-refractivity contribution in [1.82, 2.24) is 10.2 Å². The predicted octanol–water partition coefficient (Wildman–Crippen LogP) is 4.13. The molecule has 1 aliphatic rings. The van der Waals surface area contributed by atoms with E-state index >= 15 is 0 Å². The smallest absolute Gasteiger partial charge is 0.356 e. The van der Waals surface area contributed by atoms with E-state index in [0.717, 1.165) is 16.7 Å².